The fourth-order valence-electron chi connectivity index (χ4n) is 1.37. The summed E-state index contributed by atoms with van der Waals surface area (Å²) >= 11 is 0. The van der Waals surface area contributed by atoms with Gasteiger partial charge in [-0.15, -0.1) is 0 Å². The maximum atomic E-state index is 13.3. The SMILES string of the molecule is CC[C@@H](O)[C@@H](N)c1ccc(OC)c(F)c1. The van der Waals surface area contributed by atoms with Crippen molar-refractivity contribution >= 4 is 0 Å². The van der Waals surface area contributed by atoms with Gasteiger partial charge in [-0.1, -0.05) is 13.0 Å². The van der Waals surface area contributed by atoms with Gasteiger partial charge in [0.1, 0.15) is 0 Å². The molecule has 0 saturated heterocycles. The van der Waals surface area contributed by atoms with Crippen LogP contribution in [0.3, 0.4) is 0 Å². The summed E-state index contributed by atoms with van der Waals surface area (Å²) in [6.45, 7) is 1.82. The lowest BCUT2D eigenvalue weighted by Crippen LogP contribution is -2.25. The highest BCUT2D eigenvalue weighted by Gasteiger charge is 2.16. The summed E-state index contributed by atoms with van der Waals surface area (Å²) in [5.41, 5.74) is 6.32. The van der Waals surface area contributed by atoms with E-state index in [1.807, 2.05) is 6.92 Å². The Labute approximate surface area is 88.7 Å². The van der Waals surface area contributed by atoms with Crippen LogP contribution < -0.4 is 10.5 Å². The maximum Gasteiger partial charge on any atom is 0.165 e. The molecule has 1 aromatic rings. The summed E-state index contributed by atoms with van der Waals surface area (Å²) in [5, 5.41) is 9.52. The lowest BCUT2D eigenvalue weighted by atomic mass is 10.0. The average molecular weight is 213 g/mol. The molecule has 2 atom stereocenters. The van der Waals surface area contributed by atoms with Crippen molar-refractivity contribution in [1.29, 1.82) is 0 Å². The van der Waals surface area contributed by atoms with Crippen molar-refractivity contribution in [3.8, 4) is 5.75 Å². The van der Waals surface area contributed by atoms with Crippen LogP contribution in [0.25, 0.3) is 0 Å². The van der Waals surface area contributed by atoms with Crippen LogP contribution in [0.15, 0.2) is 18.2 Å². The minimum atomic E-state index is -0.655. The first-order valence-corrected chi connectivity index (χ1v) is 4.87. The molecule has 84 valence electrons. The second-order valence-corrected chi connectivity index (χ2v) is 3.40. The zero-order valence-corrected chi connectivity index (χ0v) is 8.90. The van der Waals surface area contributed by atoms with Crippen molar-refractivity contribution in [3.63, 3.8) is 0 Å². The molecular formula is C11H16FNO2. The number of ether oxygens (including phenoxy) is 1. The molecule has 0 fully saturated rings. The highest BCUT2D eigenvalue weighted by atomic mass is 19.1. The molecule has 3 nitrogen and oxygen atoms in total. The second kappa shape index (κ2) is 5.09. The molecule has 0 aliphatic rings. The molecule has 1 aromatic carbocycles. The number of hydrogen-bond donors (Lipinski definition) is 2. The van der Waals surface area contributed by atoms with Crippen molar-refractivity contribution in [3.05, 3.63) is 29.6 Å². The smallest absolute Gasteiger partial charge is 0.165 e. The third-order valence-corrected chi connectivity index (χ3v) is 2.39. The fraction of sp³-hybridized carbons (Fsp3) is 0.455. The van der Waals surface area contributed by atoms with Crippen LogP contribution in [0.5, 0.6) is 5.75 Å². The Balaban J connectivity index is 2.92. The van der Waals surface area contributed by atoms with Gasteiger partial charge in [0.2, 0.25) is 0 Å². The molecule has 0 spiro atoms. The highest BCUT2D eigenvalue weighted by molar-refractivity contribution is 5.31. The van der Waals surface area contributed by atoms with Gasteiger partial charge < -0.3 is 15.6 Å². The fourth-order valence-corrected chi connectivity index (χ4v) is 1.37. The lowest BCUT2D eigenvalue weighted by Gasteiger charge is -2.18. The number of hydrogen-bond acceptors (Lipinski definition) is 3. The number of aliphatic hydroxyl groups excluding tert-OH is 1. The topological polar surface area (TPSA) is 55.5 Å². The number of methoxy groups -OCH3 is 1. The molecule has 0 heterocycles. The van der Waals surface area contributed by atoms with E-state index in [9.17, 15) is 9.50 Å². The van der Waals surface area contributed by atoms with Crippen LogP contribution in [-0.2, 0) is 0 Å². The number of nitrogens with two attached hydrogens (primary N) is 1. The van der Waals surface area contributed by atoms with Gasteiger partial charge in [-0.25, -0.2) is 4.39 Å². The van der Waals surface area contributed by atoms with Crippen molar-refractivity contribution in [1.82, 2.24) is 0 Å². The molecule has 0 aromatic heterocycles. The third kappa shape index (κ3) is 2.67. The maximum absolute atomic E-state index is 13.3. The van der Waals surface area contributed by atoms with Crippen molar-refractivity contribution in [2.24, 2.45) is 5.73 Å². The second-order valence-electron chi connectivity index (χ2n) is 3.40. The standard InChI is InChI=1S/C11H16FNO2/c1-3-9(14)11(13)7-4-5-10(15-2)8(12)6-7/h4-6,9,11,14H,3,13H2,1-2H3/t9-,11+/m1/s1. The third-order valence-electron chi connectivity index (χ3n) is 2.39. The predicted molar refractivity (Wildman–Crippen MR) is 56.2 cm³/mol. The van der Waals surface area contributed by atoms with E-state index >= 15 is 0 Å². The Hall–Kier alpha value is -1.13. The Morgan fingerprint density at radius 3 is 2.67 bits per heavy atom. The monoisotopic (exact) mass is 213 g/mol. The molecule has 3 N–H and O–H groups in total. The minimum Gasteiger partial charge on any atom is -0.494 e. The summed E-state index contributed by atoms with van der Waals surface area (Å²) < 4.78 is 18.1. The summed E-state index contributed by atoms with van der Waals surface area (Å²) in [6.07, 6.45) is -0.118. The van der Waals surface area contributed by atoms with Gasteiger partial charge >= 0.3 is 0 Å². The predicted octanol–water partition coefficient (Wildman–Crippen LogP) is 1.61. The van der Waals surface area contributed by atoms with Crippen LogP contribution in [-0.4, -0.2) is 18.3 Å². The van der Waals surface area contributed by atoms with Gasteiger partial charge in [-0.05, 0) is 24.1 Å². The molecule has 1 rings (SSSR count). The van der Waals surface area contributed by atoms with E-state index in [1.54, 1.807) is 6.07 Å². The Morgan fingerprint density at radius 2 is 2.20 bits per heavy atom. The number of benzene rings is 1. The van der Waals surface area contributed by atoms with Gasteiger partial charge in [-0.3, -0.25) is 0 Å². The number of rotatable bonds is 4. The molecular weight excluding hydrogens is 197 g/mol. The molecule has 0 amide bonds. The van der Waals surface area contributed by atoms with Crippen molar-refractivity contribution in [2.75, 3.05) is 7.11 Å². The molecule has 0 radical (unpaired) electrons. The molecule has 15 heavy (non-hydrogen) atoms. The number of halogens is 1. The van der Waals surface area contributed by atoms with Crippen LogP contribution >= 0.6 is 0 Å². The molecule has 4 heteroatoms. The van der Waals surface area contributed by atoms with Gasteiger partial charge in [0, 0.05) is 0 Å². The van der Waals surface area contributed by atoms with Crippen LogP contribution in [0.1, 0.15) is 24.9 Å². The van der Waals surface area contributed by atoms with Gasteiger partial charge in [0.05, 0.1) is 19.3 Å². The average Bonchev–Trinajstić information content (AvgIpc) is 2.26. The van der Waals surface area contributed by atoms with E-state index in [2.05, 4.69) is 0 Å². The molecule has 0 unspecified atom stereocenters. The molecule has 0 saturated carbocycles. The lowest BCUT2D eigenvalue weighted by molar-refractivity contribution is 0.140. The normalized spacial score (nSPS) is 14.7. The van der Waals surface area contributed by atoms with Gasteiger partial charge in [0.15, 0.2) is 11.6 Å². The summed E-state index contributed by atoms with van der Waals surface area (Å²) in [4.78, 5) is 0. The van der Waals surface area contributed by atoms with Crippen LogP contribution in [0.2, 0.25) is 0 Å². The zero-order valence-electron chi connectivity index (χ0n) is 8.90. The van der Waals surface area contributed by atoms with Crippen molar-refractivity contribution in [2.45, 2.75) is 25.5 Å². The zero-order chi connectivity index (χ0) is 11.4. The first kappa shape index (κ1) is 11.9. The van der Waals surface area contributed by atoms with Gasteiger partial charge in [-0.2, -0.15) is 0 Å². The van der Waals surface area contributed by atoms with Crippen LogP contribution in [0.4, 0.5) is 4.39 Å². The molecule has 0 aliphatic carbocycles. The van der Waals surface area contributed by atoms with Gasteiger partial charge in [0.25, 0.3) is 0 Å². The molecule has 0 aliphatic heterocycles. The minimum absolute atomic E-state index is 0.178. The van der Waals surface area contributed by atoms with E-state index < -0.39 is 18.0 Å². The summed E-state index contributed by atoms with van der Waals surface area (Å²) in [6, 6.07) is 3.90. The van der Waals surface area contributed by atoms with E-state index in [4.69, 9.17) is 10.5 Å². The van der Waals surface area contributed by atoms with E-state index in [-0.39, 0.29) is 5.75 Å². The molecule has 0 bridgehead atoms. The largest absolute Gasteiger partial charge is 0.494 e. The first-order chi connectivity index (χ1) is 7.10. The van der Waals surface area contributed by atoms with E-state index in [0.717, 1.165) is 0 Å². The number of aliphatic hydroxyl groups is 1. The van der Waals surface area contributed by atoms with Crippen LogP contribution in [0, 0.1) is 5.82 Å². The first-order valence-electron chi connectivity index (χ1n) is 4.87. The van der Waals surface area contributed by atoms with E-state index in [1.165, 1.54) is 19.2 Å². The van der Waals surface area contributed by atoms with E-state index in [0.29, 0.717) is 12.0 Å². The Kier molecular flexibility index (Phi) is 4.05. The summed E-state index contributed by atoms with van der Waals surface area (Å²) in [5.74, 6) is -0.286. The Morgan fingerprint density at radius 1 is 1.53 bits per heavy atom. The van der Waals surface area contributed by atoms with Crippen molar-refractivity contribution < 1.29 is 14.2 Å². The summed E-state index contributed by atoms with van der Waals surface area (Å²) in [7, 11) is 1.40. The quantitative estimate of drug-likeness (QED) is 0.798. The Bertz CT molecular complexity index is 330. The highest BCUT2D eigenvalue weighted by Crippen LogP contribution is 2.23.